The van der Waals surface area contributed by atoms with Crippen molar-refractivity contribution >= 4 is 34.1 Å². The maximum atomic E-state index is 6.34. The predicted molar refractivity (Wildman–Crippen MR) is 100 cm³/mol. The van der Waals surface area contributed by atoms with E-state index in [1.165, 1.54) is 0 Å². The van der Waals surface area contributed by atoms with Gasteiger partial charge < -0.3 is 0 Å². The first-order chi connectivity index (χ1) is 11.7. The van der Waals surface area contributed by atoms with E-state index in [1.54, 1.807) is 18.2 Å². The topological polar surface area (TPSA) is 25.8 Å². The molecule has 0 aliphatic heterocycles. The molecule has 4 rings (SSSR count). The number of halogens is 2. The Morgan fingerprint density at radius 3 is 2.29 bits per heavy atom. The van der Waals surface area contributed by atoms with Crippen LogP contribution in [0, 0.1) is 0 Å². The number of hydrogen-bond acceptors (Lipinski definition) is 2. The molecule has 0 spiro atoms. The first-order valence-corrected chi connectivity index (χ1v) is 8.25. The molecule has 0 bridgehead atoms. The van der Waals surface area contributed by atoms with Gasteiger partial charge in [-0.05, 0) is 24.3 Å². The Labute approximate surface area is 149 Å². The van der Waals surface area contributed by atoms with Crippen molar-refractivity contribution in [3.63, 3.8) is 0 Å². The van der Waals surface area contributed by atoms with Gasteiger partial charge in [0.25, 0.3) is 0 Å². The summed E-state index contributed by atoms with van der Waals surface area (Å²) in [7, 11) is 0. The van der Waals surface area contributed by atoms with E-state index in [-0.39, 0.29) is 0 Å². The molecule has 24 heavy (non-hydrogen) atoms. The van der Waals surface area contributed by atoms with Crippen molar-refractivity contribution in [2.75, 3.05) is 0 Å². The number of nitrogens with zero attached hydrogens (tertiary/aromatic N) is 2. The van der Waals surface area contributed by atoms with Crippen molar-refractivity contribution in [1.82, 2.24) is 9.97 Å². The minimum atomic E-state index is 0.569. The Kier molecular flexibility index (Phi) is 3.93. The third-order valence-corrected chi connectivity index (χ3v) is 4.38. The van der Waals surface area contributed by atoms with Crippen LogP contribution in [0.2, 0.25) is 10.0 Å². The summed E-state index contributed by atoms with van der Waals surface area (Å²) in [4.78, 5) is 9.47. The van der Waals surface area contributed by atoms with Crippen molar-refractivity contribution in [3.8, 4) is 22.6 Å². The Bertz CT molecular complexity index is 1030. The molecule has 3 aromatic carbocycles. The van der Waals surface area contributed by atoms with Crippen molar-refractivity contribution in [1.29, 1.82) is 0 Å². The summed E-state index contributed by atoms with van der Waals surface area (Å²) < 4.78 is 0. The smallest absolute Gasteiger partial charge is 0.161 e. The minimum absolute atomic E-state index is 0.569. The Morgan fingerprint density at radius 1 is 0.708 bits per heavy atom. The average molecular weight is 351 g/mol. The largest absolute Gasteiger partial charge is 0.228 e. The lowest BCUT2D eigenvalue weighted by Crippen LogP contribution is -1.95. The van der Waals surface area contributed by atoms with Crippen LogP contribution < -0.4 is 0 Å². The molecule has 0 fully saturated rings. The molecule has 0 aliphatic carbocycles. The van der Waals surface area contributed by atoms with Crippen LogP contribution in [0.15, 0.2) is 72.8 Å². The maximum absolute atomic E-state index is 6.34. The van der Waals surface area contributed by atoms with Crippen LogP contribution in [-0.2, 0) is 0 Å². The highest BCUT2D eigenvalue weighted by Crippen LogP contribution is 2.32. The molecule has 1 aromatic heterocycles. The van der Waals surface area contributed by atoms with E-state index in [9.17, 15) is 0 Å². The quantitative estimate of drug-likeness (QED) is 0.425. The first kappa shape index (κ1) is 15.1. The molecule has 2 nitrogen and oxygen atoms in total. The molecule has 4 aromatic rings. The predicted octanol–water partition coefficient (Wildman–Crippen LogP) is 6.27. The van der Waals surface area contributed by atoms with Gasteiger partial charge in [-0.25, -0.2) is 9.97 Å². The molecular formula is C20H12Cl2N2. The average Bonchev–Trinajstić information content (AvgIpc) is 2.63. The normalized spacial score (nSPS) is 10.9. The lowest BCUT2D eigenvalue weighted by Gasteiger charge is -2.10. The van der Waals surface area contributed by atoms with E-state index in [4.69, 9.17) is 28.2 Å². The number of aromatic nitrogens is 2. The molecule has 0 atom stereocenters. The van der Waals surface area contributed by atoms with Crippen molar-refractivity contribution < 1.29 is 0 Å². The van der Waals surface area contributed by atoms with Crippen LogP contribution in [0.4, 0.5) is 0 Å². The van der Waals surface area contributed by atoms with E-state index in [0.29, 0.717) is 15.9 Å². The Morgan fingerprint density at radius 2 is 1.46 bits per heavy atom. The number of para-hydroxylation sites is 1. The van der Waals surface area contributed by atoms with Gasteiger partial charge in [-0.3, -0.25) is 0 Å². The zero-order chi connectivity index (χ0) is 16.5. The van der Waals surface area contributed by atoms with E-state index in [2.05, 4.69) is 4.98 Å². The van der Waals surface area contributed by atoms with E-state index in [0.717, 1.165) is 27.7 Å². The first-order valence-electron chi connectivity index (χ1n) is 7.50. The molecule has 116 valence electrons. The number of rotatable bonds is 2. The number of benzene rings is 3. The fourth-order valence-electron chi connectivity index (χ4n) is 2.68. The molecule has 0 unspecified atom stereocenters. The van der Waals surface area contributed by atoms with Gasteiger partial charge in [-0.2, -0.15) is 0 Å². The highest BCUT2D eigenvalue weighted by Gasteiger charge is 2.13. The molecule has 0 amide bonds. The maximum Gasteiger partial charge on any atom is 0.161 e. The van der Waals surface area contributed by atoms with Gasteiger partial charge in [0.15, 0.2) is 5.82 Å². The lowest BCUT2D eigenvalue weighted by molar-refractivity contribution is 1.23. The van der Waals surface area contributed by atoms with Gasteiger partial charge in [-0.15, -0.1) is 0 Å². The molecular weight excluding hydrogens is 339 g/mol. The van der Waals surface area contributed by atoms with Crippen LogP contribution in [0.25, 0.3) is 33.5 Å². The second-order valence-corrected chi connectivity index (χ2v) is 6.25. The van der Waals surface area contributed by atoms with Crippen molar-refractivity contribution in [2.24, 2.45) is 0 Å². The van der Waals surface area contributed by atoms with Gasteiger partial charge in [0.2, 0.25) is 0 Å². The SMILES string of the molecule is Clc1ccc(Cl)c(-c2nc(-c3ccccc3)c3ccccc3n2)c1. The minimum Gasteiger partial charge on any atom is -0.228 e. The van der Waals surface area contributed by atoms with Crippen molar-refractivity contribution in [2.45, 2.75) is 0 Å². The monoisotopic (exact) mass is 350 g/mol. The molecule has 0 radical (unpaired) electrons. The van der Waals surface area contributed by atoms with Gasteiger partial charge in [0, 0.05) is 21.5 Å². The molecule has 0 saturated heterocycles. The number of fused-ring (bicyclic) bond motifs is 1. The summed E-state index contributed by atoms with van der Waals surface area (Å²) in [5.74, 6) is 0.569. The number of hydrogen-bond donors (Lipinski definition) is 0. The zero-order valence-corrected chi connectivity index (χ0v) is 14.1. The Balaban J connectivity index is 2.03. The van der Waals surface area contributed by atoms with Crippen LogP contribution in [0.5, 0.6) is 0 Å². The second kappa shape index (κ2) is 6.23. The summed E-state index contributed by atoms with van der Waals surface area (Å²) in [6.07, 6.45) is 0. The van der Waals surface area contributed by atoms with E-state index >= 15 is 0 Å². The fraction of sp³-hybridized carbons (Fsp3) is 0. The highest BCUT2D eigenvalue weighted by molar-refractivity contribution is 6.35. The van der Waals surface area contributed by atoms with Crippen LogP contribution in [0.3, 0.4) is 0 Å². The van der Waals surface area contributed by atoms with Gasteiger partial charge >= 0.3 is 0 Å². The standard InChI is InChI=1S/C20H12Cl2N2/c21-14-10-11-17(22)16(12-14)20-23-18-9-5-4-8-15(18)19(24-20)13-6-2-1-3-7-13/h1-12H. The van der Waals surface area contributed by atoms with Crippen LogP contribution >= 0.6 is 23.2 Å². The summed E-state index contributed by atoms with van der Waals surface area (Å²) in [5.41, 5.74) is 3.52. The highest BCUT2D eigenvalue weighted by atomic mass is 35.5. The summed E-state index contributed by atoms with van der Waals surface area (Å²) in [6, 6.07) is 23.3. The zero-order valence-electron chi connectivity index (χ0n) is 12.6. The van der Waals surface area contributed by atoms with E-state index < -0.39 is 0 Å². The molecule has 1 heterocycles. The van der Waals surface area contributed by atoms with Gasteiger partial charge in [-0.1, -0.05) is 71.7 Å². The van der Waals surface area contributed by atoms with Crippen molar-refractivity contribution in [3.05, 3.63) is 82.8 Å². The van der Waals surface area contributed by atoms with Gasteiger partial charge in [0.05, 0.1) is 16.2 Å². The molecule has 0 aliphatic rings. The molecule has 4 heteroatoms. The van der Waals surface area contributed by atoms with Crippen LogP contribution in [0.1, 0.15) is 0 Å². The van der Waals surface area contributed by atoms with E-state index in [1.807, 2.05) is 54.6 Å². The Hall–Kier alpha value is -2.42. The second-order valence-electron chi connectivity index (χ2n) is 5.40. The lowest BCUT2D eigenvalue weighted by atomic mass is 10.1. The third-order valence-electron chi connectivity index (χ3n) is 3.82. The third kappa shape index (κ3) is 2.75. The fourth-order valence-corrected chi connectivity index (χ4v) is 3.06. The molecule has 0 N–H and O–H groups in total. The van der Waals surface area contributed by atoms with Gasteiger partial charge in [0.1, 0.15) is 0 Å². The summed E-state index contributed by atoms with van der Waals surface area (Å²) in [5, 5.41) is 2.19. The summed E-state index contributed by atoms with van der Waals surface area (Å²) in [6.45, 7) is 0. The van der Waals surface area contributed by atoms with Crippen LogP contribution in [-0.4, -0.2) is 9.97 Å². The summed E-state index contributed by atoms with van der Waals surface area (Å²) >= 11 is 12.5. The molecule has 0 saturated carbocycles.